The number of amides is 4. The highest BCUT2D eigenvalue weighted by molar-refractivity contribution is 6.01. The minimum atomic E-state index is -0.548. The molecule has 3 N–H and O–H groups in total. The van der Waals surface area contributed by atoms with E-state index in [0.29, 0.717) is 17.8 Å². The van der Waals surface area contributed by atoms with Crippen LogP contribution in [0.5, 0.6) is 0 Å². The molecule has 3 aromatic rings. The summed E-state index contributed by atoms with van der Waals surface area (Å²) in [4.78, 5) is 26.4. The molecule has 4 amide bonds. The van der Waals surface area contributed by atoms with Crippen molar-refractivity contribution < 1.29 is 18.4 Å². The Morgan fingerprint density at radius 1 is 0.906 bits per heavy atom. The van der Waals surface area contributed by atoms with Crippen LogP contribution in [-0.2, 0) is 0 Å². The summed E-state index contributed by atoms with van der Waals surface area (Å²) in [6.07, 6.45) is 0.420. The van der Waals surface area contributed by atoms with Crippen molar-refractivity contribution in [3.8, 4) is 0 Å². The number of para-hydroxylation sites is 1. The predicted molar refractivity (Wildman–Crippen MR) is 122 cm³/mol. The lowest BCUT2D eigenvalue weighted by Crippen LogP contribution is -2.38. The molecule has 8 heteroatoms. The van der Waals surface area contributed by atoms with Crippen molar-refractivity contribution >= 4 is 29.1 Å². The first-order valence-corrected chi connectivity index (χ1v) is 10.1. The highest BCUT2D eigenvalue weighted by Crippen LogP contribution is 2.18. The van der Waals surface area contributed by atoms with Crippen molar-refractivity contribution in [1.82, 2.24) is 5.32 Å². The third-order valence-corrected chi connectivity index (χ3v) is 4.62. The number of carbonyl (C=O) groups excluding carboxylic acids is 2. The van der Waals surface area contributed by atoms with E-state index in [-0.39, 0.29) is 24.8 Å². The van der Waals surface area contributed by atoms with Gasteiger partial charge in [-0.15, -0.1) is 0 Å². The molecule has 0 bridgehead atoms. The second kappa shape index (κ2) is 10.9. The number of hydrogen-bond acceptors (Lipinski definition) is 2. The van der Waals surface area contributed by atoms with Gasteiger partial charge in [-0.05, 0) is 67.4 Å². The molecule has 0 saturated heterocycles. The molecule has 0 radical (unpaired) electrons. The number of halogens is 2. The van der Waals surface area contributed by atoms with Crippen molar-refractivity contribution in [3.63, 3.8) is 0 Å². The predicted octanol–water partition coefficient (Wildman–Crippen LogP) is 5.52. The van der Waals surface area contributed by atoms with E-state index in [9.17, 15) is 18.4 Å². The topological polar surface area (TPSA) is 73.5 Å². The highest BCUT2D eigenvalue weighted by Gasteiger charge is 2.16. The van der Waals surface area contributed by atoms with Gasteiger partial charge in [-0.3, -0.25) is 4.90 Å². The molecule has 0 heterocycles. The second-order valence-electron chi connectivity index (χ2n) is 7.14. The summed E-state index contributed by atoms with van der Waals surface area (Å²) < 4.78 is 27.0. The molecule has 0 aromatic heterocycles. The van der Waals surface area contributed by atoms with Gasteiger partial charge in [0.05, 0.1) is 5.69 Å². The molecule has 0 atom stereocenters. The lowest BCUT2D eigenvalue weighted by atomic mass is 10.2. The average molecular weight is 438 g/mol. The zero-order valence-electron chi connectivity index (χ0n) is 17.6. The molecule has 0 aliphatic heterocycles. The number of aryl methyl sites for hydroxylation is 1. The Morgan fingerprint density at radius 2 is 1.66 bits per heavy atom. The van der Waals surface area contributed by atoms with Crippen LogP contribution in [0.25, 0.3) is 0 Å². The molecule has 0 aliphatic carbocycles. The largest absolute Gasteiger partial charge is 0.338 e. The Hall–Kier alpha value is -3.94. The fourth-order valence-corrected chi connectivity index (χ4v) is 3.05. The lowest BCUT2D eigenvalue weighted by Gasteiger charge is -2.23. The number of nitrogens with zero attached hydrogens (tertiary/aromatic N) is 1. The molecule has 0 fully saturated rings. The van der Waals surface area contributed by atoms with E-state index in [1.165, 1.54) is 47.4 Å². The van der Waals surface area contributed by atoms with Gasteiger partial charge in [-0.1, -0.05) is 24.3 Å². The molecule has 32 heavy (non-hydrogen) atoms. The summed E-state index contributed by atoms with van der Waals surface area (Å²) in [5.41, 5.74) is 2.24. The minimum Gasteiger partial charge on any atom is -0.338 e. The van der Waals surface area contributed by atoms with E-state index < -0.39 is 17.7 Å². The van der Waals surface area contributed by atoms with Gasteiger partial charge in [0.15, 0.2) is 0 Å². The maximum atomic E-state index is 13.6. The van der Waals surface area contributed by atoms with Gasteiger partial charge in [0.25, 0.3) is 0 Å². The van der Waals surface area contributed by atoms with Crippen molar-refractivity contribution in [2.24, 2.45) is 0 Å². The molecule has 6 nitrogen and oxygen atoms in total. The van der Waals surface area contributed by atoms with Crippen molar-refractivity contribution in [2.45, 2.75) is 13.3 Å². The van der Waals surface area contributed by atoms with Crippen LogP contribution in [0.4, 0.5) is 35.4 Å². The molecular weight excluding hydrogens is 414 g/mol. The van der Waals surface area contributed by atoms with Crippen LogP contribution in [0.2, 0.25) is 0 Å². The SMILES string of the molecule is Cc1cccc(NC(=O)N(CCCNC(=O)Nc2ccccc2F)c2ccc(F)cc2)c1. The average Bonchev–Trinajstić information content (AvgIpc) is 2.76. The summed E-state index contributed by atoms with van der Waals surface area (Å²) >= 11 is 0. The molecule has 3 aromatic carbocycles. The normalized spacial score (nSPS) is 10.3. The Balaban J connectivity index is 1.59. The molecule has 0 aliphatic rings. The Morgan fingerprint density at radius 3 is 2.38 bits per heavy atom. The van der Waals surface area contributed by atoms with Gasteiger partial charge in [-0.25, -0.2) is 18.4 Å². The molecule has 0 saturated carbocycles. The summed E-state index contributed by atoms with van der Waals surface area (Å²) in [5, 5.41) is 7.91. The van der Waals surface area contributed by atoms with Gasteiger partial charge < -0.3 is 16.0 Å². The van der Waals surface area contributed by atoms with Gasteiger partial charge >= 0.3 is 12.1 Å². The van der Waals surface area contributed by atoms with Crippen LogP contribution in [0.15, 0.2) is 72.8 Å². The molecule has 166 valence electrons. The van der Waals surface area contributed by atoms with Crippen LogP contribution in [0, 0.1) is 18.6 Å². The van der Waals surface area contributed by atoms with Crippen LogP contribution in [-0.4, -0.2) is 25.2 Å². The van der Waals surface area contributed by atoms with Crippen LogP contribution in [0.3, 0.4) is 0 Å². The molecule has 3 rings (SSSR count). The highest BCUT2D eigenvalue weighted by atomic mass is 19.1. The summed E-state index contributed by atoms with van der Waals surface area (Å²) in [6, 6.07) is 17.9. The standard InChI is InChI=1S/C24H24F2N4O2/c1-17-6-4-7-19(16-17)28-24(32)30(20-12-10-18(25)11-13-20)15-5-14-27-23(31)29-22-9-3-2-8-21(22)26/h2-4,6-13,16H,5,14-15H2,1H3,(H,28,32)(H2,27,29,31). The number of nitrogens with one attached hydrogen (secondary N) is 3. The number of hydrogen-bond donors (Lipinski definition) is 3. The number of benzene rings is 3. The quantitative estimate of drug-likeness (QED) is 0.425. The van der Waals surface area contributed by atoms with E-state index in [1.54, 1.807) is 12.1 Å². The lowest BCUT2D eigenvalue weighted by molar-refractivity contribution is 0.252. The van der Waals surface area contributed by atoms with Crippen LogP contribution >= 0.6 is 0 Å². The van der Waals surface area contributed by atoms with E-state index in [1.807, 2.05) is 25.1 Å². The van der Waals surface area contributed by atoms with Gasteiger partial charge in [0.2, 0.25) is 0 Å². The third-order valence-electron chi connectivity index (χ3n) is 4.62. The van der Waals surface area contributed by atoms with Gasteiger partial charge in [0.1, 0.15) is 11.6 Å². The van der Waals surface area contributed by atoms with Crippen molar-refractivity contribution in [3.05, 3.63) is 90.0 Å². The first kappa shape index (κ1) is 22.7. The summed E-state index contributed by atoms with van der Waals surface area (Å²) in [7, 11) is 0. The molecular formula is C24H24F2N4O2. The number of rotatable bonds is 7. The smallest absolute Gasteiger partial charge is 0.326 e. The first-order chi connectivity index (χ1) is 15.4. The monoisotopic (exact) mass is 438 g/mol. The van der Waals surface area contributed by atoms with Gasteiger partial charge in [0, 0.05) is 24.5 Å². The number of anilines is 3. The fourth-order valence-electron chi connectivity index (χ4n) is 3.05. The van der Waals surface area contributed by atoms with E-state index in [2.05, 4.69) is 16.0 Å². The number of urea groups is 2. The summed E-state index contributed by atoms with van der Waals surface area (Å²) in [6.45, 7) is 2.43. The van der Waals surface area contributed by atoms with Crippen LogP contribution < -0.4 is 20.9 Å². The van der Waals surface area contributed by atoms with Crippen LogP contribution in [0.1, 0.15) is 12.0 Å². The minimum absolute atomic E-state index is 0.0791. The van der Waals surface area contributed by atoms with Crippen molar-refractivity contribution in [2.75, 3.05) is 28.6 Å². The molecule has 0 spiro atoms. The second-order valence-corrected chi connectivity index (χ2v) is 7.14. The molecule has 0 unspecified atom stereocenters. The zero-order chi connectivity index (χ0) is 22.9. The van der Waals surface area contributed by atoms with E-state index >= 15 is 0 Å². The summed E-state index contributed by atoms with van der Waals surface area (Å²) in [5.74, 6) is -0.933. The van der Waals surface area contributed by atoms with Gasteiger partial charge in [-0.2, -0.15) is 0 Å². The third kappa shape index (κ3) is 6.53. The van der Waals surface area contributed by atoms with E-state index in [0.717, 1.165) is 5.56 Å². The number of carbonyl (C=O) groups is 2. The van der Waals surface area contributed by atoms with Crippen molar-refractivity contribution in [1.29, 1.82) is 0 Å². The zero-order valence-corrected chi connectivity index (χ0v) is 17.6. The Bertz CT molecular complexity index is 1070. The maximum absolute atomic E-state index is 13.6. The maximum Gasteiger partial charge on any atom is 0.326 e. The van der Waals surface area contributed by atoms with E-state index in [4.69, 9.17) is 0 Å². The Kier molecular flexibility index (Phi) is 7.75. The fraction of sp³-hybridized carbons (Fsp3) is 0.167. The Labute approximate surface area is 185 Å². The first-order valence-electron chi connectivity index (χ1n) is 10.1.